The zero-order chi connectivity index (χ0) is 10.8. The van der Waals surface area contributed by atoms with E-state index < -0.39 is 16.2 Å². The van der Waals surface area contributed by atoms with Crippen LogP contribution in [0.3, 0.4) is 0 Å². The lowest BCUT2D eigenvalue weighted by atomic mass is 9.98. The lowest BCUT2D eigenvalue weighted by Crippen LogP contribution is -2.46. The second-order valence-corrected chi connectivity index (χ2v) is 5.56. The number of carbonyl (C=O) groups excluding carboxylic acids is 1. The van der Waals surface area contributed by atoms with Crippen LogP contribution >= 0.6 is 0 Å². The summed E-state index contributed by atoms with van der Waals surface area (Å²) in [6, 6.07) is 0. The fourth-order valence-electron chi connectivity index (χ4n) is 1.74. The Labute approximate surface area is 83.9 Å². The van der Waals surface area contributed by atoms with Crippen LogP contribution in [0.4, 0.5) is 0 Å². The Balaban J connectivity index is 2.97. The molecule has 1 heterocycles. The molecule has 14 heavy (non-hydrogen) atoms. The second-order valence-electron chi connectivity index (χ2n) is 3.63. The maximum absolute atomic E-state index is 11.4. The van der Waals surface area contributed by atoms with Gasteiger partial charge in [0.1, 0.15) is 6.17 Å². The van der Waals surface area contributed by atoms with E-state index in [1.54, 1.807) is 0 Å². The minimum atomic E-state index is -3.27. The molecule has 0 aromatic carbocycles. The summed E-state index contributed by atoms with van der Waals surface area (Å²) >= 11 is 0. The molecule has 0 aliphatic carbocycles. The average Bonchev–Trinajstić information content (AvgIpc) is 2.07. The first kappa shape index (κ1) is 11.4. The van der Waals surface area contributed by atoms with Crippen LogP contribution in [0.2, 0.25) is 0 Å². The van der Waals surface area contributed by atoms with E-state index in [0.29, 0.717) is 6.54 Å². The van der Waals surface area contributed by atoms with Crippen molar-refractivity contribution >= 4 is 16.1 Å². The molecule has 6 heteroatoms. The number of nitrogens with zero attached hydrogens (tertiary/aromatic N) is 2. The molecule has 80 valence electrons. The normalized spacial score (nSPS) is 29.6. The summed E-state index contributed by atoms with van der Waals surface area (Å²) in [4.78, 5) is 13.7. The number of hydrogen-bond donors (Lipinski definition) is 0. The lowest BCUT2D eigenvalue weighted by Gasteiger charge is -2.34. The smallest absolute Gasteiger partial charge is 0.212 e. The minimum absolute atomic E-state index is 0.0833. The fourth-order valence-corrected chi connectivity index (χ4v) is 2.85. The molecule has 0 spiro atoms. The zero-order valence-electron chi connectivity index (χ0n) is 8.30. The largest absolute Gasteiger partial charge is 0.236 e. The number of aliphatic imine (C=N–C) groups is 1. The maximum atomic E-state index is 11.4. The molecule has 0 aromatic rings. The molecule has 2 atom stereocenters. The molecule has 0 N–H and O–H groups in total. The van der Waals surface area contributed by atoms with E-state index in [1.807, 2.05) is 6.92 Å². The van der Waals surface area contributed by atoms with Gasteiger partial charge in [0.2, 0.25) is 16.1 Å². The first-order valence-corrected chi connectivity index (χ1v) is 6.35. The van der Waals surface area contributed by atoms with E-state index in [4.69, 9.17) is 0 Å². The van der Waals surface area contributed by atoms with Crippen LogP contribution in [0.15, 0.2) is 4.99 Å². The molecule has 1 saturated heterocycles. The third-order valence-corrected chi connectivity index (χ3v) is 3.70. The van der Waals surface area contributed by atoms with Crippen LogP contribution in [0.5, 0.6) is 0 Å². The number of rotatable bonds is 2. The number of piperidine rings is 1. The highest BCUT2D eigenvalue weighted by atomic mass is 32.2. The van der Waals surface area contributed by atoms with E-state index in [2.05, 4.69) is 4.99 Å². The van der Waals surface area contributed by atoms with Crippen LogP contribution < -0.4 is 0 Å². The molecule has 5 nitrogen and oxygen atoms in total. The van der Waals surface area contributed by atoms with E-state index in [1.165, 1.54) is 10.4 Å². The van der Waals surface area contributed by atoms with Gasteiger partial charge < -0.3 is 0 Å². The minimum Gasteiger partial charge on any atom is -0.212 e. The Kier molecular flexibility index (Phi) is 3.42. The molecule has 0 bridgehead atoms. The highest BCUT2D eigenvalue weighted by Gasteiger charge is 2.33. The molecular formula is C8H14N2O3S. The molecule has 1 aliphatic heterocycles. The summed E-state index contributed by atoms with van der Waals surface area (Å²) in [7, 11) is -3.27. The van der Waals surface area contributed by atoms with Crippen molar-refractivity contribution in [3.05, 3.63) is 0 Å². The van der Waals surface area contributed by atoms with Gasteiger partial charge in [-0.05, 0) is 18.8 Å². The molecule has 1 rings (SSSR count). The first-order valence-electron chi connectivity index (χ1n) is 4.50. The molecule has 1 fully saturated rings. The van der Waals surface area contributed by atoms with Crippen molar-refractivity contribution < 1.29 is 13.2 Å². The summed E-state index contributed by atoms with van der Waals surface area (Å²) in [5.41, 5.74) is 0. The molecule has 1 aliphatic rings. The molecular weight excluding hydrogens is 204 g/mol. The van der Waals surface area contributed by atoms with Gasteiger partial charge in [-0.15, -0.1) is 0 Å². The average molecular weight is 218 g/mol. The third kappa shape index (κ3) is 2.41. The second kappa shape index (κ2) is 4.21. The van der Waals surface area contributed by atoms with E-state index in [-0.39, 0.29) is 5.92 Å². The van der Waals surface area contributed by atoms with Gasteiger partial charge in [0.15, 0.2) is 0 Å². The van der Waals surface area contributed by atoms with Gasteiger partial charge in [-0.3, -0.25) is 0 Å². The molecule has 0 amide bonds. The predicted octanol–water partition coefficient (Wildman–Crippen LogP) is 0.340. The van der Waals surface area contributed by atoms with Crippen LogP contribution in [-0.4, -0.2) is 37.8 Å². The van der Waals surface area contributed by atoms with Crippen molar-refractivity contribution in [2.45, 2.75) is 25.9 Å². The Morgan fingerprint density at radius 2 is 2.14 bits per heavy atom. The highest BCUT2D eigenvalue weighted by Crippen LogP contribution is 2.25. The predicted molar refractivity (Wildman–Crippen MR) is 51.9 cm³/mol. The van der Waals surface area contributed by atoms with Crippen molar-refractivity contribution in [1.82, 2.24) is 4.31 Å². The summed E-state index contributed by atoms with van der Waals surface area (Å²) in [6.07, 6.45) is 3.73. The van der Waals surface area contributed by atoms with Gasteiger partial charge in [-0.25, -0.2) is 13.2 Å². The molecule has 2 unspecified atom stereocenters. The number of hydrogen-bond acceptors (Lipinski definition) is 4. The zero-order valence-corrected chi connectivity index (χ0v) is 9.12. The maximum Gasteiger partial charge on any atom is 0.236 e. The summed E-state index contributed by atoms with van der Waals surface area (Å²) < 4.78 is 24.0. The summed E-state index contributed by atoms with van der Waals surface area (Å²) in [6.45, 7) is 2.34. The number of isocyanates is 1. The van der Waals surface area contributed by atoms with Crippen LogP contribution in [-0.2, 0) is 14.8 Å². The van der Waals surface area contributed by atoms with Gasteiger partial charge in [0, 0.05) is 6.54 Å². The Morgan fingerprint density at radius 1 is 1.50 bits per heavy atom. The number of sulfonamides is 1. The van der Waals surface area contributed by atoms with Gasteiger partial charge in [-0.2, -0.15) is 9.30 Å². The van der Waals surface area contributed by atoms with Crippen molar-refractivity contribution in [2.24, 2.45) is 10.9 Å². The molecule has 0 saturated carbocycles. The third-order valence-electron chi connectivity index (χ3n) is 2.45. The van der Waals surface area contributed by atoms with Crippen molar-refractivity contribution in [3.63, 3.8) is 0 Å². The van der Waals surface area contributed by atoms with E-state index >= 15 is 0 Å². The Morgan fingerprint density at radius 3 is 2.64 bits per heavy atom. The quantitative estimate of drug-likeness (QED) is 0.496. The van der Waals surface area contributed by atoms with Crippen LogP contribution in [0, 0.1) is 5.92 Å². The monoisotopic (exact) mass is 218 g/mol. The SMILES string of the molecule is CC1CCCN(S(C)(=O)=O)C1N=C=O. The molecule has 0 aromatic heterocycles. The van der Waals surface area contributed by atoms with E-state index in [9.17, 15) is 13.2 Å². The van der Waals surface area contributed by atoms with Crippen molar-refractivity contribution in [1.29, 1.82) is 0 Å². The van der Waals surface area contributed by atoms with Gasteiger partial charge in [0.05, 0.1) is 6.26 Å². The van der Waals surface area contributed by atoms with Gasteiger partial charge in [0.25, 0.3) is 0 Å². The van der Waals surface area contributed by atoms with Gasteiger partial charge in [-0.1, -0.05) is 6.92 Å². The summed E-state index contributed by atoms with van der Waals surface area (Å²) in [5, 5.41) is 0. The van der Waals surface area contributed by atoms with E-state index in [0.717, 1.165) is 19.1 Å². The first-order chi connectivity index (χ1) is 6.46. The summed E-state index contributed by atoms with van der Waals surface area (Å²) in [5.74, 6) is 0.0833. The fraction of sp³-hybridized carbons (Fsp3) is 0.875. The van der Waals surface area contributed by atoms with Crippen LogP contribution in [0.25, 0.3) is 0 Å². The Hall–Kier alpha value is -0.710. The van der Waals surface area contributed by atoms with Crippen molar-refractivity contribution in [3.8, 4) is 0 Å². The highest BCUT2D eigenvalue weighted by molar-refractivity contribution is 7.88. The lowest BCUT2D eigenvalue weighted by molar-refractivity contribution is 0.195. The standard InChI is InChI=1S/C8H14N2O3S/c1-7-4-3-5-10(14(2,12)13)8(7)9-6-11/h7-8H,3-5H2,1-2H3. The topological polar surface area (TPSA) is 66.8 Å². The van der Waals surface area contributed by atoms with Crippen molar-refractivity contribution in [2.75, 3.05) is 12.8 Å². The Bertz CT molecular complexity index is 346. The molecule has 0 radical (unpaired) electrons. The van der Waals surface area contributed by atoms with Gasteiger partial charge >= 0.3 is 0 Å². The van der Waals surface area contributed by atoms with Crippen LogP contribution in [0.1, 0.15) is 19.8 Å².